The van der Waals surface area contributed by atoms with Crippen LogP contribution < -0.4 is 5.32 Å². The van der Waals surface area contributed by atoms with E-state index in [2.05, 4.69) is 5.32 Å². The maximum Gasteiger partial charge on any atom is 0.197 e. The maximum absolute atomic E-state index is 12.2. The summed E-state index contributed by atoms with van der Waals surface area (Å²) in [7, 11) is 0. The van der Waals surface area contributed by atoms with Crippen LogP contribution in [0.2, 0.25) is 0 Å². The summed E-state index contributed by atoms with van der Waals surface area (Å²) in [5, 5.41) is 3.20. The fourth-order valence-electron chi connectivity index (χ4n) is 2.34. The lowest BCUT2D eigenvalue weighted by atomic mass is 9.96. The van der Waals surface area contributed by atoms with E-state index in [1.54, 1.807) is 11.8 Å². The average Bonchev–Trinajstić information content (AvgIpc) is 2.75. The first-order chi connectivity index (χ1) is 8.84. The number of Topliss-reactive ketones (excluding diaryl/α,β-unsaturated/α-hetero) is 1. The number of benzene rings is 1. The summed E-state index contributed by atoms with van der Waals surface area (Å²) in [6, 6.07) is 9.93. The predicted octanol–water partition coefficient (Wildman–Crippen LogP) is 4.08. The molecule has 0 amide bonds. The molecule has 3 heteroatoms. The molecule has 0 radical (unpaired) electrons. The van der Waals surface area contributed by atoms with E-state index in [1.807, 2.05) is 36.5 Å². The Balaban J connectivity index is 1.74. The highest BCUT2D eigenvalue weighted by molar-refractivity contribution is 8.08. The lowest BCUT2D eigenvalue weighted by Crippen LogP contribution is -2.03. The average molecular weight is 257 g/mol. The number of nitrogens with one attached hydrogen (secondary N) is 1. The van der Waals surface area contributed by atoms with Crippen LogP contribution in [-0.4, -0.2) is 5.78 Å². The van der Waals surface area contributed by atoms with Gasteiger partial charge < -0.3 is 5.32 Å². The van der Waals surface area contributed by atoms with Gasteiger partial charge in [0, 0.05) is 17.5 Å². The van der Waals surface area contributed by atoms with Crippen LogP contribution >= 0.6 is 11.8 Å². The van der Waals surface area contributed by atoms with E-state index in [1.165, 1.54) is 11.3 Å². The number of allylic oxidation sites excluding steroid dienone is 3. The molecule has 92 valence electrons. The molecule has 1 aromatic rings. The van der Waals surface area contributed by atoms with Crippen molar-refractivity contribution in [3.63, 3.8) is 0 Å². The Morgan fingerprint density at radius 1 is 1.11 bits per heavy atom. The third kappa shape index (κ3) is 2.23. The summed E-state index contributed by atoms with van der Waals surface area (Å²) in [5.74, 6) is 0.234. The third-order valence-corrected chi connectivity index (χ3v) is 4.51. The largest absolute Gasteiger partial charge is 0.360 e. The van der Waals surface area contributed by atoms with Gasteiger partial charge in [-0.15, -0.1) is 0 Å². The zero-order chi connectivity index (χ0) is 12.4. The Morgan fingerprint density at radius 2 is 1.89 bits per heavy atom. The standard InChI is InChI=1S/C15H15NOS/c17-15-12-8-4-5-9-13(12)18-14(15)10-16-11-6-2-1-3-7-11/h1-3,6-7,10,16H,4-5,8-9H2/b14-10-. The highest BCUT2D eigenvalue weighted by Gasteiger charge is 2.30. The van der Waals surface area contributed by atoms with Gasteiger partial charge in [-0.05, 0) is 42.7 Å². The lowest BCUT2D eigenvalue weighted by Gasteiger charge is -2.09. The quantitative estimate of drug-likeness (QED) is 0.809. The second-order valence-electron chi connectivity index (χ2n) is 4.56. The number of thioether (sulfide) groups is 1. The van der Waals surface area contributed by atoms with E-state index in [-0.39, 0.29) is 5.78 Å². The molecule has 2 nitrogen and oxygen atoms in total. The molecule has 1 aliphatic heterocycles. The van der Waals surface area contributed by atoms with Gasteiger partial charge in [-0.3, -0.25) is 4.79 Å². The lowest BCUT2D eigenvalue weighted by molar-refractivity contribution is -0.111. The minimum atomic E-state index is 0.234. The first kappa shape index (κ1) is 11.6. The Morgan fingerprint density at radius 3 is 2.67 bits per heavy atom. The van der Waals surface area contributed by atoms with Gasteiger partial charge in [-0.2, -0.15) is 0 Å². The van der Waals surface area contributed by atoms with E-state index >= 15 is 0 Å². The molecule has 1 aliphatic carbocycles. The van der Waals surface area contributed by atoms with Crippen LogP contribution in [0.25, 0.3) is 0 Å². The van der Waals surface area contributed by atoms with E-state index < -0.39 is 0 Å². The van der Waals surface area contributed by atoms with Gasteiger partial charge in [-0.1, -0.05) is 30.0 Å². The van der Waals surface area contributed by atoms with Crippen LogP contribution in [0.15, 0.2) is 51.9 Å². The number of hydrogen-bond acceptors (Lipinski definition) is 3. The van der Waals surface area contributed by atoms with E-state index in [0.717, 1.165) is 35.4 Å². The molecule has 0 saturated carbocycles. The van der Waals surface area contributed by atoms with Gasteiger partial charge in [0.05, 0.1) is 4.91 Å². The Hall–Kier alpha value is -1.48. The summed E-state index contributed by atoms with van der Waals surface area (Å²) in [6.07, 6.45) is 6.27. The molecule has 1 heterocycles. The summed E-state index contributed by atoms with van der Waals surface area (Å²) in [6.45, 7) is 0. The SMILES string of the molecule is O=C1C2=C(CCCC2)S/C1=C\Nc1ccccc1. The molecule has 0 unspecified atom stereocenters. The van der Waals surface area contributed by atoms with Crippen molar-refractivity contribution in [2.75, 3.05) is 5.32 Å². The molecule has 0 atom stereocenters. The Kier molecular flexibility index (Phi) is 3.24. The van der Waals surface area contributed by atoms with Crippen molar-refractivity contribution in [2.24, 2.45) is 0 Å². The molecule has 1 aromatic carbocycles. The smallest absolute Gasteiger partial charge is 0.197 e. The molecule has 2 aliphatic rings. The van der Waals surface area contributed by atoms with Crippen LogP contribution in [0.3, 0.4) is 0 Å². The second-order valence-corrected chi connectivity index (χ2v) is 5.70. The van der Waals surface area contributed by atoms with Gasteiger partial charge in [0.25, 0.3) is 0 Å². The number of para-hydroxylation sites is 1. The van der Waals surface area contributed by atoms with Crippen molar-refractivity contribution in [1.29, 1.82) is 0 Å². The minimum Gasteiger partial charge on any atom is -0.360 e. The third-order valence-electron chi connectivity index (χ3n) is 3.29. The molecule has 3 rings (SSSR count). The molecule has 1 N–H and O–H groups in total. The van der Waals surface area contributed by atoms with Crippen molar-refractivity contribution in [3.05, 3.63) is 51.9 Å². The molecule has 0 saturated heterocycles. The number of carbonyl (C=O) groups excluding carboxylic acids is 1. The molecular formula is C15H15NOS. The predicted molar refractivity (Wildman–Crippen MR) is 76.2 cm³/mol. The number of carbonyl (C=O) groups is 1. The fourth-order valence-corrected chi connectivity index (χ4v) is 3.50. The Bertz CT molecular complexity index is 531. The number of ketones is 1. The molecule has 0 fully saturated rings. The summed E-state index contributed by atoms with van der Waals surface area (Å²) >= 11 is 1.65. The van der Waals surface area contributed by atoms with Crippen molar-refractivity contribution < 1.29 is 4.79 Å². The van der Waals surface area contributed by atoms with Gasteiger partial charge in [0.15, 0.2) is 5.78 Å². The van der Waals surface area contributed by atoms with Gasteiger partial charge >= 0.3 is 0 Å². The normalized spacial score (nSPS) is 21.3. The number of rotatable bonds is 2. The second kappa shape index (κ2) is 5.02. The van der Waals surface area contributed by atoms with Crippen LogP contribution in [0.4, 0.5) is 5.69 Å². The van der Waals surface area contributed by atoms with Crippen molar-refractivity contribution >= 4 is 23.2 Å². The van der Waals surface area contributed by atoms with Gasteiger partial charge in [0.2, 0.25) is 0 Å². The van der Waals surface area contributed by atoms with Crippen LogP contribution in [-0.2, 0) is 4.79 Å². The first-order valence-electron chi connectivity index (χ1n) is 6.31. The first-order valence-corrected chi connectivity index (χ1v) is 7.12. The zero-order valence-electron chi connectivity index (χ0n) is 10.1. The van der Waals surface area contributed by atoms with Gasteiger partial charge in [-0.25, -0.2) is 0 Å². The van der Waals surface area contributed by atoms with E-state index in [4.69, 9.17) is 0 Å². The van der Waals surface area contributed by atoms with Crippen molar-refractivity contribution in [3.8, 4) is 0 Å². The van der Waals surface area contributed by atoms with Crippen LogP contribution in [0, 0.1) is 0 Å². The van der Waals surface area contributed by atoms with Crippen LogP contribution in [0.1, 0.15) is 25.7 Å². The summed E-state index contributed by atoms with van der Waals surface area (Å²) < 4.78 is 0. The van der Waals surface area contributed by atoms with Crippen LogP contribution in [0.5, 0.6) is 0 Å². The molecule has 18 heavy (non-hydrogen) atoms. The molecule has 0 aromatic heterocycles. The maximum atomic E-state index is 12.2. The minimum absolute atomic E-state index is 0.234. The fraction of sp³-hybridized carbons (Fsp3) is 0.267. The van der Waals surface area contributed by atoms with Crippen molar-refractivity contribution in [2.45, 2.75) is 25.7 Å². The topological polar surface area (TPSA) is 29.1 Å². The Labute approximate surface area is 111 Å². The summed E-state index contributed by atoms with van der Waals surface area (Å²) in [4.78, 5) is 14.3. The monoisotopic (exact) mass is 257 g/mol. The van der Waals surface area contributed by atoms with Gasteiger partial charge in [0.1, 0.15) is 0 Å². The molecule has 0 spiro atoms. The number of anilines is 1. The zero-order valence-corrected chi connectivity index (χ0v) is 10.9. The molecular weight excluding hydrogens is 242 g/mol. The van der Waals surface area contributed by atoms with E-state index in [0.29, 0.717) is 0 Å². The highest BCUT2D eigenvalue weighted by Crippen LogP contribution is 2.45. The van der Waals surface area contributed by atoms with E-state index in [9.17, 15) is 4.79 Å². The molecule has 0 bridgehead atoms. The van der Waals surface area contributed by atoms with Crippen molar-refractivity contribution in [1.82, 2.24) is 0 Å². The highest BCUT2D eigenvalue weighted by atomic mass is 32.2. The number of hydrogen-bond donors (Lipinski definition) is 1. The summed E-state index contributed by atoms with van der Waals surface area (Å²) in [5.41, 5.74) is 2.08.